The van der Waals surface area contributed by atoms with E-state index in [1.54, 1.807) is 6.33 Å². The first kappa shape index (κ1) is 14.1. The van der Waals surface area contributed by atoms with Crippen LogP contribution in [0.5, 0.6) is 0 Å². The van der Waals surface area contributed by atoms with Crippen molar-refractivity contribution in [3.63, 3.8) is 0 Å². The minimum Gasteiger partial charge on any atom is -0.335 e. The minimum atomic E-state index is 0.468. The average molecular weight is 281 g/mol. The minimum absolute atomic E-state index is 0.468. The van der Waals surface area contributed by atoms with Gasteiger partial charge in [-0.2, -0.15) is 16.7 Å². The molecule has 0 amide bonds. The zero-order chi connectivity index (χ0) is 13.7. The number of thioether (sulfide) groups is 1. The Morgan fingerprint density at radius 2 is 2.32 bits per heavy atom. The fourth-order valence-corrected chi connectivity index (χ4v) is 2.43. The van der Waals surface area contributed by atoms with Crippen LogP contribution in [0.2, 0.25) is 0 Å². The van der Waals surface area contributed by atoms with Crippen LogP contribution in [0.25, 0.3) is 11.6 Å². The van der Waals surface area contributed by atoms with Crippen LogP contribution in [-0.2, 0) is 12.3 Å². The molecule has 0 fully saturated rings. The Labute approximate surface area is 116 Å². The van der Waals surface area contributed by atoms with E-state index in [2.05, 4.69) is 29.0 Å². The van der Waals surface area contributed by atoms with Gasteiger partial charge in [-0.05, 0) is 11.7 Å². The summed E-state index contributed by atoms with van der Waals surface area (Å²) < 4.78 is 7.13. The van der Waals surface area contributed by atoms with Crippen LogP contribution in [0, 0.1) is 5.92 Å². The highest BCUT2D eigenvalue weighted by atomic mass is 32.2. The van der Waals surface area contributed by atoms with Gasteiger partial charge in [0.1, 0.15) is 5.69 Å². The summed E-state index contributed by atoms with van der Waals surface area (Å²) in [5, 5.41) is 3.96. The lowest BCUT2D eigenvalue weighted by molar-refractivity contribution is 0.424. The highest BCUT2D eigenvalue weighted by Gasteiger charge is 2.11. The van der Waals surface area contributed by atoms with Gasteiger partial charge in [-0.15, -0.1) is 0 Å². The molecule has 2 N–H and O–H groups in total. The summed E-state index contributed by atoms with van der Waals surface area (Å²) in [6, 6.07) is 0. The number of hydrogen-bond acceptors (Lipinski definition) is 6. The Morgan fingerprint density at radius 3 is 3.05 bits per heavy atom. The fourth-order valence-electron chi connectivity index (χ4n) is 1.54. The topological polar surface area (TPSA) is 82.8 Å². The van der Waals surface area contributed by atoms with Crippen molar-refractivity contribution in [2.75, 3.05) is 12.3 Å². The summed E-state index contributed by atoms with van der Waals surface area (Å²) in [5.41, 5.74) is 6.18. The van der Waals surface area contributed by atoms with Crippen molar-refractivity contribution >= 4 is 11.8 Å². The van der Waals surface area contributed by atoms with Crippen molar-refractivity contribution in [3.8, 4) is 11.6 Å². The number of aromatic nitrogens is 4. The Morgan fingerprint density at radius 1 is 1.47 bits per heavy atom. The Kier molecular flexibility index (Phi) is 4.98. The molecule has 0 aliphatic carbocycles. The van der Waals surface area contributed by atoms with Gasteiger partial charge in [0, 0.05) is 19.3 Å². The summed E-state index contributed by atoms with van der Waals surface area (Å²) in [6.07, 6.45) is 3.59. The van der Waals surface area contributed by atoms with E-state index in [4.69, 9.17) is 10.3 Å². The number of rotatable bonds is 7. The molecular formula is C12H19N5OS. The molecule has 2 heterocycles. The molecule has 2 rings (SSSR count). The van der Waals surface area contributed by atoms with Crippen LogP contribution < -0.4 is 5.73 Å². The second kappa shape index (κ2) is 6.72. The van der Waals surface area contributed by atoms with Crippen molar-refractivity contribution in [3.05, 3.63) is 18.3 Å². The second-order valence-corrected chi connectivity index (χ2v) is 5.74. The van der Waals surface area contributed by atoms with Crippen LogP contribution in [0.1, 0.15) is 19.7 Å². The van der Waals surface area contributed by atoms with Crippen LogP contribution in [0.3, 0.4) is 0 Å². The molecule has 0 atom stereocenters. The smallest absolute Gasteiger partial charge is 0.278 e. The predicted octanol–water partition coefficient (Wildman–Crippen LogP) is 1.78. The molecule has 2 aromatic heterocycles. The largest absolute Gasteiger partial charge is 0.335 e. The summed E-state index contributed by atoms with van der Waals surface area (Å²) in [7, 11) is 0. The van der Waals surface area contributed by atoms with E-state index >= 15 is 0 Å². The van der Waals surface area contributed by atoms with Gasteiger partial charge < -0.3 is 14.8 Å². The Bertz CT molecular complexity index is 508. The standard InChI is InChI=1S/C12H19N5OS/c1-9(2)6-19-7-11-15-12(18-16-11)10-5-17(4-3-13)8-14-10/h5,8-9H,3-4,6-7,13H2,1-2H3. The molecule has 0 saturated carbocycles. The van der Waals surface area contributed by atoms with Crippen molar-refractivity contribution < 1.29 is 4.52 Å². The summed E-state index contributed by atoms with van der Waals surface area (Å²) in [6.45, 7) is 5.70. The van der Waals surface area contributed by atoms with E-state index in [-0.39, 0.29) is 0 Å². The summed E-state index contributed by atoms with van der Waals surface area (Å²) in [5.74, 6) is 3.72. The van der Waals surface area contributed by atoms with E-state index < -0.39 is 0 Å². The lowest BCUT2D eigenvalue weighted by Crippen LogP contribution is -2.07. The lowest BCUT2D eigenvalue weighted by Gasteiger charge is -2.00. The van der Waals surface area contributed by atoms with Crippen molar-refractivity contribution in [2.24, 2.45) is 11.7 Å². The Balaban J connectivity index is 1.95. The quantitative estimate of drug-likeness (QED) is 0.833. The molecule has 0 bridgehead atoms. The fraction of sp³-hybridized carbons (Fsp3) is 0.583. The van der Waals surface area contributed by atoms with Crippen molar-refractivity contribution in [1.29, 1.82) is 0 Å². The molecular weight excluding hydrogens is 262 g/mol. The number of imidazole rings is 1. The highest BCUT2D eigenvalue weighted by molar-refractivity contribution is 7.98. The first-order chi connectivity index (χ1) is 9.19. The molecule has 0 aliphatic rings. The summed E-state index contributed by atoms with van der Waals surface area (Å²) >= 11 is 1.81. The third kappa shape index (κ3) is 4.07. The van der Waals surface area contributed by atoms with Gasteiger partial charge in [0.05, 0.1) is 12.1 Å². The molecule has 7 heteroatoms. The number of hydrogen-bond donors (Lipinski definition) is 1. The van der Waals surface area contributed by atoms with Gasteiger partial charge in [-0.1, -0.05) is 19.0 Å². The van der Waals surface area contributed by atoms with Gasteiger partial charge in [0.25, 0.3) is 5.89 Å². The molecule has 0 spiro atoms. The molecule has 0 saturated heterocycles. The van der Waals surface area contributed by atoms with Crippen LogP contribution in [0.4, 0.5) is 0 Å². The molecule has 0 radical (unpaired) electrons. The number of nitrogens with zero attached hydrogens (tertiary/aromatic N) is 4. The van der Waals surface area contributed by atoms with Gasteiger partial charge >= 0.3 is 0 Å². The van der Waals surface area contributed by atoms with Crippen molar-refractivity contribution in [1.82, 2.24) is 19.7 Å². The molecule has 0 aliphatic heterocycles. The normalized spacial score (nSPS) is 11.4. The second-order valence-electron chi connectivity index (χ2n) is 4.71. The molecule has 2 aromatic rings. The van der Waals surface area contributed by atoms with E-state index in [0.717, 1.165) is 18.1 Å². The first-order valence-corrected chi connectivity index (χ1v) is 7.47. The molecule has 6 nitrogen and oxygen atoms in total. The van der Waals surface area contributed by atoms with E-state index in [0.29, 0.717) is 29.9 Å². The maximum Gasteiger partial charge on any atom is 0.278 e. The van der Waals surface area contributed by atoms with E-state index in [1.165, 1.54) is 0 Å². The highest BCUT2D eigenvalue weighted by Crippen LogP contribution is 2.18. The maximum atomic E-state index is 5.49. The first-order valence-electron chi connectivity index (χ1n) is 6.31. The van der Waals surface area contributed by atoms with Crippen LogP contribution >= 0.6 is 11.8 Å². The lowest BCUT2D eigenvalue weighted by atomic mass is 10.3. The zero-order valence-corrected chi connectivity index (χ0v) is 12.1. The Hall–Kier alpha value is -1.34. The third-order valence-corrected chi connectivity index (χ3v) is 3.75. The van der Waals surface area contributed by atoms with Crippen LogP contribution in [0.15, 0.2) is 17.0 Å². The number of nitrogens with two attached hydrogens (primary N) is 1. The zero-order valence-electron chi connectivity index (χ0n) is 11.2. The van der Waals surface area contributed by atoms with E-state index in [9.17, 15) is 0 Å². The molecule has 0 aromatic carbocycles. The van der Waals surface area contributed by atoms with Gasteiger partial charge in [-0.3, -0.25) is 0 Å². The maximum absolute atomic E-state index is 5.49. The molecule has 0 unspecified atom stereocenters. The van der Waals surface area contributed by atoms with Crippen molar-refractivity contribution in [2.45, 2.75) is 26.1 Å². The average Bonchev–Trinajstić information content (AvgIpc) is 2.98. The van der Waals surface area contributed by atoms with Gasteiger partial charge in [0.2, 0.25) is 0 Å². The van der Waals surface area contributed by atoms with Gasteiger partial charge in [-0.25, -0.2) is 4.98 Å². The van der Waals surface area contributed by atoms with Crippen LogP contribution in [-0.4, -0.2) is 32.0 Å². The SMILES string of the molecule is CC(C)CSCc1noc(-c2cn(CCN)cn2)n1. The predicted molar refractivity (Wildman–Crippen MR) is 75.6 cm³/mol. The van der Waals surface area contributed by atoms with E-state index in [1.807, 2.05) is 22.5 Å². The van der Waals surface area contributed by atoms with Gasteiger partial charge in [0.15, 0.2) is 5.82 Å². The monoisotopic (exact) mass is 281 g/mol. The molecule has 19 heavy (non-hydrogen) atoms. The summed E-state index contributed by atoms with van der Waals surface area (Å²) in [4.78, 5) is 8.58. The third-order valence-electron chi connectivity index (χ3n) is 2.39. The molecule has 104 valence electrons.